The van der Waals surface area contributed by atoms with Gasteiger partial charge in [-0.3, -0.25) is 9.59 Å². The number of rotatable bonds is 8. The molecule has 0 spiro atoms. The second-order valence-corrected chi connectivity index (χ2v) is 12.2. The number of para-hydroxylation sites is 2. The molecule has 2 unspecified atom stereocenters. The highest BCUT2D eigenvalue weighted by atomic mass is 32.1. The van der Waals surface area contributed by atoms with Crippen molar-refractivity contribution in [1.82, 2.24) is 20.4 Å². The number of ether oxygens (including phenoxy) is 4. The predicted octanol–water partition coefficient (Wildman–Crippen LogP) is 4.65. The van der Waals surface area contributed by atoms with Gasteiger partial charge in [-0.25, -0.2) is 0 Å². The summed E-state index contributed by atoms with van der Waals surface area (Å²) in [6.07, 6.45) is 4.15. The molecule has 2 atom stereocenters. The molecule has 14 heteroatoms. The Balaban J connectivity index is 0.942. The Morgan fingerprint density at radius 3 is 1.71 bits per heavy atom. The van der Waals surface area contributed by atoms with Gasteiger partial charge in [0.15, 0.2) is 23.0 Å². The fraction of sp³-hybridized carbons (Fsp3) is 0.357. The first-order valence-electron chi connectivity index (χ1n) is 13.6. The van der Waals surface area contributed by atoms with E-state index in [2.05, 4.69) is 31.0 Å². The average Bonchev–Trinajstić information content (AvgIpc) is 3.81. The van der Waals surface area contributed by atoms with E-state index in [0.29, 0.717) is 33.3 Å². The lowest BCUT2D eigenvalue weighted by Gasteiger charge is -2.25. The smallest absolute Gasteiger partial charge is 0.231 e. The van der Waals surface area contributed by atoms with E-state index in [-0.39, 0.29) is 50.1 Å². The highest BCUT2D eigenvalue weighted by Crippen LogP contribution is 2.44. The minimum absolute atomic E-state index is 0.151. The molecule has 3 aliphatic rings. The first kappa shape index (κ1) is 26.6. The predicted molar refractivity (Wildman–Crippen MR) is 154 cm³/mol. The third-order valence-electron chi connectivity index (χ3n) is 7.40. The SMILES string of the molecule is O=C(Cc1cccc2c1OCO2)Nc1nnc(C2CCCC(c3nnc(NC(=O)Cc4cccc5c4OCO5)s3)C2)s1. The van der Waals surface area contributed by atoms with Crippen molar-refractivity contribution in [2.45, 2.75) is 50.4 Å². The van der Waals surface area contributed by atoms with Gasteiger partial charge in [-0.1, -0.05) is 53.4 Å². The first-order chi connectivity index (χ1) is 20.6. The Morgan fingerprint density at radius 2 is 1.21 bits per heavy atom. The zero-order valence-electron chi connectivity index (χ0n) is 22.3. The van der Waals surface area contributed by atoms with E-state index in [9.17, 15) is 9.59 Å². The fourth-order valence-electron chi connectivity index (χ4n) is 5.47. The number of anilines is 2. The van der Waals surface area contributed by atoms with Crippen molar-refractivity contribution in [3.63, 3.8) is 0 Å². The van der Waals surface area contributed by atoms with E-state index in [0.717, 1.165) is 46.8 Å². The molecule has 2 aliphatic heterocycles. The van der Waals surface area contributed by atoms with E-state index < -0.39 is 0 Å². The van der Waals surface area contributed by atoms with Gasteiger partial charge in [0.2, 0.25) is 35.7 Å². The van der Waals surface area contributed by atoms with E-state index >= 15 is 0 Å². The number of fused-ring (bicyclic) bond motifs is 2. The van der Waals surface area contributed by atoms with Crippen LogP contribution in [0.2, 0.25) is 0 Å². The molecule has 0 radical (unpaired) electrons. The van der Waals surface area contributed by atoms with Gasteiger partial charge in [0.25, 0.3) is 0 Å². The quantitative estimate of drug-likeness (QED) is 0.291. The lowest BCUT2D eigenvalue weighted by atomic mass is 9.82. The molecule has 2 amide bonds. The maximum absolute atomic E-state index is 12.7. The molecule has 42 heavy (non-hydrogen) atoms. The molecule has 0 bridgehead atoms. The van der Waals surface area contributed by atoms with Crippen LogP contribution in [-0.2, 0) is 22.4 Å². The number of hydrogen-bond donors (Lipinski definition) is 2. The molecule has 2 aromatic heterocycles. The fourth-order valence-corrected chi connectivity index (χ4v) is 7.29. The molecule has 1 fully saturated rings. The molecule has 4 heterocycles. The summed E-state index contributed by atoms with van der Waals surface area (Å²) in [5, 5.41) is 25.7. The third kappa shape index (κ3) is 5.59. The zero-order valence-corrected chi connectivity index (χ0v) is 24.0. The van der Waals surface area contributed by atoms with E-state index in [4.69, 9.17) is 18.9 Å². The number of nitrogens with zero attached hydrogens (tertiary/aromatic N) is 4. The van der Waals surface area contributed by atoms with Crippen LogP contribution in [0.1, 0.15) is 58.7 Å². The highest BCUT2D eigenvalue weighted by molar-refractivity contribution is 7.15. The monoisotopic (exact) mass is 606 g/mol. The largest absolute Gasteiger partial charge is 0.454 e. The molecule has 12 nitrogen and oxygen atoms in total. The number of nitrogens with one attached hydrogen (secondary N) is 2. The maximum atomic E-state index is 12.7. The Bertz CT molecular complexity index is 1520. The van der Waals surface area contributed by atoms with Crippen molar-refractivity contribution in [3.05, 3.63) is 57.5 Å². The minimum Gasteiger partial charge on any atom is -0.454 e. The second kappa shape index (κ2) is 11.5. The minimum atomic E-state index is -0.191. The molecule has 1 saturated carbocycles. The zero-order chi connectivity index (χ0) is 28.5. The summed E-state index contributed by atoms with van der Waals surface area (Å²) in [5.41, 5.74) is 1.53. The van der Waals surface area contributed by atoms with E-state index in [1.807, 2.05) is 36.4 Å². The summed E-state index contributed by atoms with van der Waals surface area (Å²) in [4.78, 5) is 25.4. The van der Waals surface area contributed by atoms with Crippen molar-refractivity contribution in [1.29, 1.82) is 0 Å². The number of hydrogen-bond acceptors (Lipinski definition) is 12. The normalized spacial score (nSPS) is 18.6. The molecular formula is C28H26N6O6S2. The van der Waals surface area contributed by atoms with Crippen LogP contribution in [0, 0.1) is 0 Å². The summed E-state index contributed by atoms with van der Waals surface area (Å²) in [6.45, 7) is 0.315. The first-order valence-corrected chi connectivity index (χ1v) is 15.2. The summed E-state index contributed by atoms with van der Waals surface area (Å²) in [7, 11) is 0. The number of carbonyl (C=O) groups is 2. The van der Waals surface area contributed by atoms with Crippen LogP contribution in [0.25, 0.3) is 0 Å². The molecule has 4 aromatic rings. The van der Waals surface area contributed by atoms with Gasteiger partial charge in [0.1, 0.15) is 10.0 Å². The number of carbonyl (C=O) groups excluding carboxylic acids is 2. The van der Waals surface area contributed by atoms with Crippen molar-refractivity contribution in [2.24, 2.45) is 0 Å². The van der Waals surface area contributed by atoms with Crippen LogP contribution in [-0.4, -0.2) is 45.8 Å². The van der Waals surface area contributed by atoms with E-state index in [1.165, 1.54) is 22.7 Å². The van der Waals surface area contributed by atoms with Gasteiger partial charge < -0.3 is 29.6 Å². The van der Waals surface area contributed by atoms with Crippen LogP contribution < -0.4 is 29.6 Å². The van der Waals surface area contributed by atoms with Crippen LogP contribution in [0.5, 0.6) is 23.0 Å². The lowest BCUT2D eigenvalue weighted by molar-refractivity contribution is -0.116. The molecule has 1 aliphatic carbocycles. The Morgan fingerprint density at radius 1 is 0.714 bits per heavy atom. The van der Waals surface area contributed by atoms with Crippen molar-refractivity contribution >= 4 is 44.8 Å². The Hall–Kier alpha value is -4.30. The average molecular weight is 607 g/mol. The maximum Gasteiger partial charge on any atom is 0.231 e. The van der Waals surface area contributed by atoms with Crippen molar-refractivity contribution < 1.29 is 28.5 Å². The third-order valence-corrected chi connectivity index (χ3v) is 9.41. The van der Waals surface area contributed by atoms with Gasteiger partial charge in [0, 0.05) is 23.0 Å². The summed E-state index contributed by atoms with van der Waals surface area (Å²) in [5.74, 6) is 2.56. The van der Waals surface area contributed by atoms with E-state index in [1.54, 1.807) is 0 Å². The highest BCUT2D eigenvalue weighted by Gasteiger charge is 2.30. The van der Waals surface area contributed by atoms with Crippen molar-refractivity contribution in [2.75, 3.05) is 24.2 Å². The molecule has 216 valence electrons. The molecular weight excluding hydrogens is 580 g/mol. The summed E-state index contributed by atoms with van der Waals surface area (Å²) in [6, 6.07) is 11.0. The lowest BCUT2D eigenvalue weighted by Crippen LogP contribution is -2.14. The number of aromatic nitrogens is 4. The van der Waals surface area contributed by atoms with Crippen molar-refractivity contribution in [3.8, 4) is 23.0 Å². The molecule has 2 N–H and O–H groups in total. The van der Waals surface area contributed by atoms with Gasteiger partial charge in [-0.2, -0.15) is 0 Å². The summed E-state index contributed by atoms with van der Waals surface area (Å²) < 4.78 is 21.8. The Kier molecular flexibility index (Phi) is 7.30. The summed E-state index contributed by atoms with van der Waals surface area (Å²) >= 11 is 2.81. The number of amides is 2. The topological polar surface area (TPSA) is 147 Å². The van der Waals surface area contributed by atoms with Crippen LogP contribution >= 0.6 is 22.7 Å². The second-order valence-electron chi connectivity index (χ2n) is 10.2. The molecule has 0 saturated heterocycles. The molecule has 2 aromatic carbocycles. The number of benzene rings is 2. The van der Waals surface area contributed by atoms with Crippen LogP contribution in [0.15, 0.2) is 36.4 Å². The van der Waals surface area contributed by atoms with Gasteiger partial charge in [0.05, 0.1) is 12.8 Å². The Labute approximate surface area is 248 Å². The van der Waals surface area contributed by atoms with Crippen LogP contribution in [0.4, 0.5) is 10.3 Å². The van der Waals surface area contributed by atoms with Gasteiger partial charge in [-0.05, 0) is 31.4 Å². The van der Waals surface area contributed by atoms with Gasteiger partial charge >= 0.3 is 0 Å². The van der Waals surface area contributed by atoms with Gasteiger partial charge in [-0.15, -0.1) is 20.4 Å². The molecule has 7 rings (SSSR count). The standard InChI is InChI=1S/C28H26N6O6S2/c35-21(11-15-4-2-8-19-23(15)39-13-37-19)29-27-33-31-25(41-27)17-6-1-7-18(10-17)26-32-34-28(42-26)30-22(36)12-16-5-3-9-20-24(16)40-14-38-20/h2-5,8-9,17-18H,1,6-7,10-14H2,(H,29,33,35)(H,30,34,36). The van der Waals surface area contributed by atoms with Crippen LogP contribution in [0.3, 0.4) is 0 Å².